The summed E-state index contributed by atoms with van der Waals surface area (Å²) < 4.78 is 25.1. The number of aliphatic hydroxyl groups excluding tert-OH is 1. The molecule has 0 radical (unpaired) electrons. The highest BCUT2D eigenvalue weighted by Crippen LogP contribution is 2.22. The molecule has 1 unspecified atom stereocenters. The molecule has 0 aromatic heterocycles. The number of carbonyl (C=O) groups is 5. The average Bonchev–Trinajstić information content (AvgIpc) is 3.25. The fraction of sp³-hybridized carbons (Fsp3) is 0.625. The van der Waals surface area contributed by atoms with Crippen molar-refractivity contribution in [1.82, 2.24) is 10.6 Å². The Morgan fingerprint density at radius 1 is 0.757 bits per heavy atom. The Bertz CT molecular complexity index is 926. The molecule has 0 aromatic rings. The number of cyclic esters (lactones) is 4. The van der Waals surface area contributed by atoms with Gasteiger partial charge in [-0.1, -0.05) is 0 Å². The Kier molecular flexibility index (Phi) is 13.1. The van der Waals surface area contributed by atoms with Crippen molar-refractivity contribution in [2.24, 2.45) is 0 Å². The minimum absolute atomic E-state index is 0.0726. The number of rotatable bonds is 19. The van der Waals surface area contributed by atoms with E-state index in [2.05, 4.69) is 20.1 Å². The van der Waals surface area contributed by atoms with E-state index in [-0.39, 0.29) is 48.3 Å². The van der Waals surface area contributed by atoms with Crippen LogP contribution >= 0.6 is 0 Å². The molecule has 0 saturated heterocycles. The van der Waals surface area contributed by atoms with E-state index >= 15 is 0 Å². The van der Waals surface area contributed by atoms with Gasteiger partial charge in [-0.3, -0.25) is 10.1 Å². The molecule has 0 fully saturated rings. The summed E-state index contributed by atoms with van der Waals surface area (Å²) in [4.78, 5) is 57.4. The molecular weight excluding hydrogens is 492 g/mol. The number of nitrogens with one attached hydrogen (secondary N) is 2. The normalized spacial score (nSPS) is 16.5. The molecule has 0 aromatic carbocycles. The van der Waals surface area contributed by atoms with Crippen molar-refractivity contribution in [2.75, 3.05) is 52.7 Å². The highest BCUT2D eigenvalue weighted by molar-refractivity contribution is 6.12. The highest BCUT2D eigenvalue weighted by atomic mass is 16.6. The molecule has 206 valence electrons. The number of hydrogen-bond acceptors (Lipinski definition) is 12. The summed E-state index contributed by atoms with van der Waals surface area (Å²) in [5, 5.41) is 15.4. The van der Waals surface area contributed by atoms with Gasteiger partial charge >= 0.3 is 23.9 Å². The van der Waals surface area contributed by atoms with Crippen LogP contribution in [0.5, 0.6) is 0 Å². The Balaban J connectivity index is 1.35. The smallest absolute Gasteiger partial charge is 0.342 e. The molecule has 2 rings (SSSR count). The minimum atomic E-state index is -0.844. The van der Waals surface area contributed by atoms with Crippen LogP contribution in [0.4, 0.5) is 0 Å². The molecule has 1 atom stereocenters. The third-order valence-electron chi connectivity index (χ3n) is 5.59. The standard InChI is InChI=1S/C24H34N2O11/c1-15-17(23(31)36-21(15)29)3-5-19(27)25-7-9-33-11-13-35-14-12-34-10-8-26-20(28)6-4-18-16(2)22(30)37-24(18)32/h19,25,27H,3-14H2,1-2H3,(H,26,28). The molecule has 13 nitrogen and oxygen atoms in total. The zero-order valence-electron chi connectivity index (χ0n) is 21.1. The molecule has 1 amide bonds. The maximum atomic E-state index is 11.8. The van der Waals surface area contributed by atoms with Gasteiger partial charge in [-0.05, 0) is 33.1 Å². The average molecular weight is 527 g/mol. The topological polar surface area (TPSA) is 176 Å². The van der Waals surface area contributed by atoms with Crippen molar-refractivity contribution in [3.63, 3.8) is 0 Å². The fourth-order valence-corrected chi connectivity index (χ4v) is 3.39. The van der Waals surface area contributed by atoms with Crippen LogP contribution in [0.25, 0.3) is 0 Å². The van der Waals surface area contributed by atoms with Crippen LogP contribution in [0, 0.1) is 0 Å². The van der Waals surface area contributed by atoms with Gasteiger partial charge in [0.05, 0.1) is 39.6 Å². The first kappa shape index (κ1) is 30.3. The van der Waals surface area contributed by atoms with E-state index in [0.717, 1.165) is 0 Å². The lowest BCUT2D eigenvalue weighted by atomic mass is 10.1. The van der Waals surface area contributed by atoms with Gasteiger partial charge in [0.2, 0.25) is 5.91 Å². The number of ether oxygens (including phenoxy) is 5. The van der Waals surface area contributed by atoms with Crippen molar-refractivity contribution in [3.05, 3.63) is 22.3 Å². The van der Waals surface area contributed by atoms with Gasteiger partial charge in [0.25, 0.3) is 0 Å². The molecular formula is C24H34N2O11. The van der Waals surface area contributed by atoms with E-state index in [1.165, 1.54) is 13.8 Å². The molecule has 0 saturated carbocycles. The largest absolute Gasteiger partial charge is 0.386 e. The molecule has 2 heterocycles. The Morgan fingerprint density at radius 3 is 1.76 bits per heavy atom. The van der Waals surface area contributed by atoms with Gasteiger partial charge in [0.15, 0.2) is 0 Å². The predicted molar refractivity (Wildman–Crippen MR) is 126 cm³/mol. The second kappa shape index (κ2) is 16.0. The van der Waals surface area contributed by atoms with Crippen LogP contribution < -0.4 is 10.6 Å². The number of hydrogen-bond donors (Lipinski definition) is 3. The Labute approximate surface area is 214 Å². The molecule has 2 aliphatic heterocycles. The van der Waals surface area contributed by atoms with Crippen molar-refractivity contribution in [2.45, 2.75) is 45.8 Å². The predicted octanol–water partition coefficient (Wildman–Crippen LogP) is -0.579. The van der Waals surface area contributed by atoms with Crippen LogP contribution in [0.15, 0.2) is 22.3 Å². The number of aliphatic hydroxyl groups is 1. The first-order chi connectivity index (χ1) is 17.7. The van der Waals surface area contributed by atoms with Gasteiger partial charge in [0.1, 0.15) is 6.23 Å². The third-order valence-corrected chi connectivity index (χ3v) is 5.59. The summed E-state index contributed by atoms with van der Waals surface area (Å²) in [6, 6.07) is 0. The second-order valence-corrected chi connectivity index (χ2v) is 8.26. The summed E-state index contributed by atoms with van der Waals surface area (Å²) in [6.07, 6.45) is -0.118. The molecule has 13 heteroatoms. The first-order valence-electron chi connectivity index (χ1n) is 12.0. The van der Waals surface area contributed by atoms with Crippen molar-refractivity contribution in [1.29, 1.82) is 0 Å². The van der Waals surface area contributed by atoms with Gasteiger partial charge in [-0.2, -0.15) is 0 Å². The molecule has 0 aliphatic carbocycles. The number of esters is 4. The summed E-state index contributed by atoms with van der Waals surface area (Å²) in [5.74, 6) is -2.89. The van der Waals surface area contributed by atoms with E-state index < -0.39 is 30.1 Å². The van der Waals surface area contributed by atoms with E-state index in [1.54, 1.807) is 0 Å². The van der Waals surface area contributed by atoms with E-state index in [0.29, 0.717) is 58.3 Å². The summed E-state index contributed by atoms with van der Waals surface area (Å²) in [7, 11) is 0. The lowest BCUT2D eigenvalue weighted by Crippen LogP contribution is -2.32. The summed E-state index contributed by atoms with van der Waals surface area (Å²) >= 11 is 0. The van der Waals surface area contributed by atoms with Gasteiger partial charge in [0, 0.05) is 41.8 Å². The maximum Gasteiger partial charge on any atom is 0.342 e. The van der Waals surface area contributed by atoms with E-state index in [1.807, 2.05) is 0 Å². The first-order valence-corrected chi connectivity index (χ1v) is 12.0. The van der Waals surface area contributed by atoms with Crippen molar-refractivity contribution in [3.8, 4) is 0 Å². The lowest BCUT2D eigenvalue weighted by Gasteiger charge is -2.13. The van der Waals surface area contributed by atoms with E-state index in [4.69, 9.17) is 14.2 Å². The zero-order valence-corrected chi connectivity index (χ0v) is 21.1. The monoisotopic (exact) mass is 526 g/mol. The molecule has 3 N–H and O–H groups in total. The summed E-state index contributed by atoms with van der Waals surface area (Å²) in [5.41, 5.74) is 1.07. The number of amides is 1. The second-order valence-electron chi connectivity index (χ2n) is 8.26. The summed E-state index contributed by atoms with van der Waals surface area (Å²) in [6.45, 7) is 5.82. The van der Waals surface area contributed by atoms with E-state index in [9.17, 15) is 29.1 Å². The minimum Gasteiger partial charge on any atom is -0.386 e. The Morgan fingerprint density at radius 2 is 1.24 bits per heavy atom. The van der Waals surface area contributed by atoms with Crippen LogP contribution in [0.1, 0.15) is 39.5 Å². The van der Waals surface area contributed by atoms with Crippen LogP contribution in [0.3, 0.4) is 0 Å². The maximum absolute atomic E-state index is 11.8. The molecule has 0 spiro atoms. The van der Waals surface area contributed by atoms with Crippen LogP contribution in [-0.4, -0.2) is 93.8 Å². The highest BCUT2D eigenvalue weighted by Gasteiger charge is 2.30. The lowest BCUT2D eigenvalue weighted by molar-refractivity contribution is -0.152. The fourth-order valence-electron chi connectivity index (χ4n) is 3.39. The molecule has 0 bridgehead atoms. The van der Waals surface area contributed by atoms with Gasteiger partial charge in [-0.25, -0.2) is 19.2 Å². The van der Waals surface area contributed by atoms with Crippen molar-refractivity contribution >= 4 is 29.8 Å². The molecule has 37 heavy (non-hydrogen) atoms. The molecule has 2 aliphatic rings. The van der Waals surface area contributed by atoms with Crippen LogP contribution in [-0.2, 0) is 47.7 Å². The van der Waals surface area contributed by atoms with Gasteiger partial charge in [-0.15, -0.1) is 0 Å². The van der Waals surface area contributed by atoms with Crippen LogP contribution in [0.2, 0.25) is 0 Å². The SMILES string of the molecule is CC1=C(CCC(=O)NCCOCCOCCOCCNC(O)CCC2=C(C)C(=O)OC2=O)C(=O)OC1=O. The van der Waals surface area contributed by atoms with Gasteiger partial charge < -0.3 is 34.1 Å². The quantitative estimate of drug-likeness (QED) is 0.0846. The zero-order chi connectivity index (χ0) is 27.2. The Hall–Kier alpha value is -2.97. The third kappa shape index (κ3) is 10.5. The van der Waals surface area contributed by atoms with Crippen molar-refractivity contribution < 1.29 is 52.8 Å². The number of carbonyl (C=O) groups excluding carboxylic acids is 5.